The number of fused-ring (bicyclic) bond motifs is 1. The van der Waals surface area contributed by atoms with Crippen LogP contribution in [0.4, 0.5) is 15.9 Å². The number of aromatic nitrogens is 4. The Morgan fingerprint density at radius 2 is 1.69 bits per heavy atom. The SMILES string of the molecule is Cc1nc2cc(-c3nc(-c4ccc(N5CCNCC5)cc4)c(F)nc3N)ccc2c(=O)[nH]1. The lowest BCUT2D eigenvalue weighted by atomic mass is 10.1. The summed E-state index contributed by atoms with van der Waals surface area (Å²) in [7, 11) is 0. The number of rotatable bonds is 3. The zero-order valence-corrected chi connectivity index (χ0v) is 17.5. The second kappa shape index (κ2) is 8.01. The molecule has 0 unspecified atom stereocenters. The van der Waals surface area contributed by atoms with Crippen LogP contribution in [-0.4, -0.2) is 46.1 Å². The number of aromatic amines is 1. The van der Waals surface area contributed by atoms with Crippen molar-refractivity contribution in [1.82, 2.24) is 25.3 Å². The molecule has 0 atom stereocenters. The fraction of sp³-hybridized carbons (Fsp3) is 0.217. The molecule has 1 aliphatic rings. The molecule has 8 nitrogen and oxygen atoms in total. The lowest BCUT2D eigenvalue weighted by Gasteiger charge is -2.29. The van der Waals surface area contributed by atoms with Crippen molar-refractivity contribution in [3.05, 3.63) is 64.6 Å². The summed E-state index contributed by atoms with van der Waals surface area (Å²) in [6.45, 7) is 5.45. The maximum Gasteiger partial charge on any atom is 0.258 e. The smallest absolute Gasteiger partial charge is 0.258 e. The van der Waals surface area contributed by atoms with Gasteiger partial charge in [0.25, 0.3) is 5.56 Å². The molecule has 0 bridgehead atoms. The Labute approximate surface area is 183 Å². The molecule has 0 spiro atoms. The van der Waals surface area contributed by atoms with Crippen LogP contribution in [-0.2, 0) is 0 Å². The first kappa shape index (κ1) is 20.1. The van der Waals surface area contributed by atoms with Crippen molar-refractivity contribution in [2.75, 3.05) is 36.8 Å². The van der Waals surface area contributed by atoms with E-state index in [-0.39, 0.29) is 17.1 Å². The van der Waals surface area contributed by atoms with Crippen LogP contribution >= 0.6 is 0 Å². The number of nitrogens with two attached hydrogens (primary N) is 1. The zero-order chi connectivity index (χ0) is 22.2. The van der Waals surface area contributed by atoms with Crippen molar-refractivity contribution in [2.45, 2.75) is 6.92 Å². The van der Waals surface area contributed by atoms with Crippen LogP contribution in [0.25, 0.3) is 33.4 Å². The predicted octanol–water partition coefficient (Wildman–Crippen LogP) is 2.49. The molecule has 3 heterocycles. The first-order valence-corrected chi connectivity index (χ1v) is 10.4. The van der Waals surface area contributed by atoms with Gasteiger partial charge in [-0.1, -0.05) is 18.2 Å². The summed E-state index contributed by atoms with van der Waals surface area (Å²) in [5.41, 5.74) is 9.07. The molecule has 2 aromatic carbocycles. The van der Waals surface area contributed by atoms with Gasteiger partial charge >= 0.3 is 0 Å². The molecule has 1 fully saturated rings. The first-order chi connectivity index (χ1) is 15.5. The Kier molecular flexibility index (Phi) is 5.02. The van der Waals surface area contributed by atoms with Crippen molar-refractivity contribution in [1.29, 1.82) is 0 Å². The second-order valence-electron chi connectivity index (χ2n) is 7.76. The van der Waals surface area contributed by atoms with Gasteiger partial charge in [0.15, 0.2) is 5.82 Å². The van der Waals surface area contributed by atoms with Crippen LogP contribution in [0.1, 0.15) is 5.82 Å². The van der Waals surface area contributed by atoms with E-state index in [0.717, 1.165) is 31.9 Å². The highest BCUT2D eigenvalue weighted by molar-refractivity contribution is 5.85. The maximum atomic E-state index is 14.7. The fourth-order valence-corrected chi connectivity index (χ4v) is 3.98. The topological polar surface area (TPSA) is 113 Å². The average Bonchev–Trinajstić information content (AvgIpc) is 2.79. The molecule has 9 heteroatoms. The number of hydrogen-bond acceptors (Lipinski definition) is 7. The lowest BCUT2D eigenvalue weighted by Crippen LogP contribution is -2.43. The first-order valence-electron chi connectivity index (χ1n) is 10.4. The summed E-state index contributed by atoms with van der Waals surface area (Å²) in [4.78, 5) is 29.9. The number of aryl methyl sites for hydroxylation is 1. The Bertz CT molecular complexity index is 1360. The van der Waals surface area contributed by atoms with E-state index < -0.39 is 5.95 Å². The number of nitrogen functional groups attached to an aromatic ring is 1. The molecule has 32 heavy (non-hydrogen) atoms. The van der Waals surface area contributed by atoms with Gasteiger partial charge in [-0.15, -0.1) is 0 Å². The van der Waals surface area contributed by atoms with Gasteiger partial charge in [0.2, 0.25) is 5.95 Å². The van der Waals surface area contributed by atoms with Gasteiger partial charge in [-0.25, -0.2) is 9.97 Å². The predicted molar refractivity (Wildman–Crippen MR) is 123 cm³/mol. The van der Waals surface area contributed by atoms with Crippen LogP contribution in [0, 0.1) is 12.9 Å². The Morgan fingerprint density at radius 1 is 0.969 bits per heavy atom. The number of halogens is 1. The molecule has 4 aromatic rings. The minimum absolute atomic E-state index is 0.0235. The Morgan fingerprint density at radius 3 is 2.44 bits per heavy atom. The summed E-state index contributed by atoms with van der Waals surface area (Å²) >= 11 is 0. The second-order valence-corrected chi connectivity index (χ2v) is 7.76. The summed E-state index contributed by atoms with van der Waals surface area (Å²) in [6, 6.07) is 12.7. The van der Waals surface area contributed by atoms with Crippen LogP contribution in [0.3, 0.4) is 0 Å². The van der Waals surface area contributed by atoms with Crippen molar-refractivity contribution in [2.24, 2.45) is 0 Å². The molecule has 1 saturated heterocycles. The number of benzene rings is 2. The number of H-pyrrole nitrogens is 1. The van der Waals surface area contributed by atoms with E-state index in [1.165, 1.54) is 0 Å². The average molecular weight is 431 g/mol. The lowest BCUT2D eigenvalue weighted by molar-refractivity contribution is 0.584. The van der Waals surface area contributed by atoms with E-state index in [0.29, 0.717) is 33.5 Å². The normalized spacial score (nSPS) is 14.1. The van der Waals surface area contributed by atoms with Gasteiger partial charge < -0.3 is 20.9 Å². The minimum atomic E-state index is -0.729. The molecule has 2 aromatic heterocycles. The number of hydrogen-bond donors (Lipinski definition) is 3. The van der Waals surface area contributed by atoms with Crippen molar-refractivity contribution in [3.63, 3.8) is 0 Å². The molecular formula is C23H22FN7O. The van der Waals surface area contributed by atoms with E-state index in [1.54, 1.807) is 25.1 Å². The largest absolute Gasteiger partial charge is 0.382 e. The number of piperazine rings is 1. The van der Waals surface area contributed by atoms with Gasteiger partial charge in [0, 0.05) is 43.0 Å². The molecular weight excluding hydrogens is 409 g/mol. The maximum absolute atomic E-state index is 14.7. The molecule has 0 amide bonds. The van der Waals surface area contributed by atoms with Gasteiger partial charge in [-0.3, -0.25) is 4.79 Å². The van der Waals surface area contributed by atoms with Gasteiger partial charge in [-0.05, 0) is 31.2 Å². The third-order valence-corrected chi connectivity index (χ3v) is 5.60. The molecule has 0 aliphatic carbocycles. The molecule has 0 radical (unpaired) electrons. The number of nitrogens with zero attached hydrogens (tertiary/aromatic N) is 4. The Balaban J connectivity index is 1.55. The van der Waals surface area contributed by atoms with Crippen molar-refractivity contribution in [3.8, 4) is 22.5 Å². The minimum Gasteiger partial charge on any atom is -0.382 e. The van der Waals surface area contributed by atoms with E-state index in [2.05, 4.69) is 30.2 Å². The van der Waals surface area contributed by atoms with E-state index in [4.69, 9.17) is 5.73 Å². The standard InChI is InChI=1S/C23H22FN7O/c1-13-27-18-12-15(4-7-17(18)23(32)28-13)20-22(25)30-21(24)19(29-20)14-2-5-16(6-3-14)31-10-8-26-9-11-31/h2-7,12,26H,8-11H2,1H3,(H2,25,30)(H,27,28,32). The highest BCUT2D eigenvalue weighted by Gasteiger charge is 2.17. The van der Waals surface area contributed by atoms with E-state index in [1.807, 2.05) is 24.3 Å². The quantitative estimate of drug-likeness (QED) is 0.457. The van der Waals surface area contributed by atoms with Gasteiger partial charge in [0.1, 0.15) is 17.2 Å². The van der Waals surface area contributed by atoms with Crippen molar-refractivity contribution >= 4 is 22.4 Å². The molecule has 162 valence electrons. The third kappa shape index (κ3) is 3.67. The van der Waals surface area contributed by atoms with Crippen LogP contribution < -0.4 is 21.5 Å². The number of nitrogens with one attached hydrogen (secondary N) is 2. The molecule has 5 rings (SSSR count). The third-order valence-electron chi connectivity index (χ3n) is 5.60. The Hall–Kier alpha value is -3.85. The summed E-state index contributed by atoms with van der Waals surface area (Å²) in [5.74, 6) is -0.250. The van der Waals surface area contributed by atoms with Crippen LogP contribution in [0.5, 0.6) is 0 Å². The molecule has 0 saturated carbocycles. The van der Waals surface area contributed by atoms with E-state index >= 15 is 0 Å². The highest BCUT2D eigenvalue weighted by atomic mass is 19.1. The van der Waals surface area contributed by atoms with Crippen LogP contribution in [0.2, 0.25) is 0 Å². The monoisotopic (exact) mass is 431 g/mol. The summed E-state index contributed by atoms with van der Waals surface area (Å²) in [5, 5.41) is 3.78. The highest BCUT2D eigenvalue weighted by Crippen LogP contribution is 2.30. The molecule has 1 aliphatic heterocycles. The number of anilines is 2. The van der Waals surface area contributed by atoms with Crippen LogP contribution in [0.15, 0.2) is 47.3 Å². The summed E-state index contributed by atoms with van der Waals surface area (Å²) in [6.07, 6.45) is 0. The van der Waals surface area contributed by atoms with Gasteiger partial charge in [0.05, 0.1) is 10.9 Å². The summed E-state index contributed by atoms with van der Waals surface area (Å²) < 4.78 is 14.7. The zero-order valence-electron chi connectivity index (χ0n) is 17.5. The van der Waals surface area contributed by atoms with E-state index in [9.17, 15) is 9.18 Å². The molecule has 4 N–H and O–H groups in total. The van der Waals surface area contributed by atoms with Crippen molar-refractivity contribution < 1.29 is 4.39 Å². The fourth-order valence-electron chi connectivity index (χ4n) is 3.98. The van der Waals surface area contributed by atoms with Gasteiger partial charge in [-0.2, -0.15) is 9.37 Å².